The summed E-state index contributed by atoms with van der Waals surface area (Å²) < 4.78 is 28.7. The normalized spacial score (nSPS) is 14.3. The van der Waals surface area contributed by atoms with Gasteiger partial charge in [-0.05, 0) is 53.9 Å². The molecule has 1 aromatic heterocycles. The fourth-order valence-corrected chi connectivity index (χ4v) is 5.39. The van der Waals surface area contributed by atoms with E-state index in [9.17, 15) is 4.79 Å². The second kappa shape index (κ2) is 12.3. The van der Waals surface area contributed by atoms with Crippen molar-refractivity contribution in [1.29, 1.82) is 0 Å². The van der Waals surface area contributed by atoms with Gasteiger partial charge < -0.3 is 28.5 Å². The number of nitrogens with zero attached hydrogens (tertiary/aromatic N) is 2. The number of amides is 1. The van der Waals surface area contributed by atoms with Crippen molar-refractivity contribution >= 4 is 38.3 Å². The Hall–Kier alpha value is -4.51. The van der Waals surface area contributed by atoms with E-state index in [1.54, 1.807) is 40.6 Å². The van der Waals surface area contributed by atoms with E-state index in [2.05, 4.69) is 28.4 Å². The van der Waals surface area contributed by atoms with Gasteiger partial charge in [0.05, 0.1) is 44.4 Å². The third kappa shape index (κ3) is 5.99. The van der Waals surface area contributed by atoms with Crippen molar-refractivity contribution in [2.75, 3.05) is 40.4 Å². The van der Waals surface area contributed by atoms with Crippen LogP contribution in [0.15, 0.2) is 53.7 Å². The van der Waals surface area contributed by atoms with E-state index in [1.807, 2.05) is 30.3 Å². The van der Waals surface area contributed by atoms with Crippen LogP contribution in [-0.4, -0.2) is 51.6 Å². The van der Waals surface area contributed by atoms with Crippen LogP contribution >= 0.6 is 11.3 Å². The summed E-state index contributed by atoms with van der Waals surface area (Å²) in [6.45, 7) is 1.88. The number of thiazole rings is 1. The lowest BCUT2D eigenvalue weighted by Gasteiger charge is -2.15. The van der Waals surface area contributed by atoms with Gasteiger partial charge in [-0.25, -0.2) is 4.98 Å². The molecule has 1 amide bonds. The highest BCUT2D eigenvalue weighted by Gasteiger charge is 2.27. The number of hydrogen-bond donors (Lipinski definition) is 1. The smallest absolute Gasteiger partial charge is 0.264 e. The predicted octanol–water partition coefficient (Wildman–Crippen LogP) is 5.78. The van der Waals surface area contributed by atoms with Crippen molar-refractivity contribution < 1.29 is 33.3 Å². The Morgan fingerprint density at radius 2 is 1.71 bits per heavy atom. The molecule has 4 aromatic rings. The van der Waals surface area contributed by atoms with Gasteiger partial charge in [0.1, 0.15) is 0 Å². The zero-order valence-electron chi connectivity index (χ0n) is 23.5. The SMILES string of the molecule is CCc1ccc2sc(NC(=O)COc3cc(C4CC(c5cc(OC)c(OC)c(OC)c5)=NO4)ccc3OC)nc2c1. The number of carbonyl (C=O) groups is 1. The maximum absolute atomic E-state index is 12.7. The van der Waals surface area contributed by atoms with Gasteiger partial charge in [-0.2, -0.15) is 0 Å². The topological polar surface area (TPSA) is 110 Å². The summed E-state index contributed by atoms with van der Waals surface area (Å²) >= 11 is 1.42. The van der Waals surface area contributed by atoms with Gasteiger partial charge in [-0.15, -0.1) is 0 Å². The molecular formula is C30H31N3O7S. The number of fused-ring (bicyclic) bond motifs is 1. The summed E-state index contributed by atoms with van der Waals surface area (Å²) in [5.41, 5.74) is 4.41. The largest absolute Gasteiger partial charge is 0.493 e. The Kier molecular flexibility index (Phi) is 8.44. The van der Waals surface area contributed by atoms with Crippen LogP contribution in [0.2, 0.25) is 0 Å². The van der Waals surface area contributed by atoms with Crippen molar-refractivity contribution in [2.45, 2.75) is 25.9 Å². The lowest BCUT2D eigenvalue weighted by molar-refractivity contribution is -0.118. The molecule has 1 aliphatic rings. The summed E-state index contributed by atoms with van der Waals surface area (Å²) in [5.74, 6) is 2.16. The number of carbonyl (C=O) groups excluding carboxylic acids is 1. The van der Waals surface area contributed by atoms with Gasteiger partial charge in [0, 0.05) is 12.0 Å². The van der Waals surface area contributed by atoms with E-state index in [-0.39, 0.29) is 18.6 Å². The van der Waals surface area contributed by atoms with Crippen molar-refractivity contribution in [1.82, 2.24) is 4.98 Å². The van der Waals surface area contributed by atoms with Gasteiger partial charge in [-0.3, -0.25) is 10.1 Å². The van der Waals surface area contributed by atoms with E-state index < -0.39 is 0 Å². The third-order valence-corrected chi connectivity index (χ3v) is 7.64. The van der Waals surface area contributed by atoms with E-state index in [4.69, 9.17) is 28.5 Å². The van der Waals surface area contributed by atoms with Crippen molar-refractivity contribution in [3.8, 4) is 28.7 Å². The molecule has 0 fully saturated rings. The van der Waals surface area contributed by atoms with Gasteiger partial charge in [0.15, 0.2) is 40.8 Å². The predicted molar refractivity (Wildman–Crippen MR) is 157 cm³/mol. The number of oxime groups is 1. The number of methoxy groups -OCH3 is 4. The summed E-state index contributed by atoms with van der Waals surface area (Å²) in [6.07, 6.45) is 1.07. The molecular weight excluding hydrogens is 546 g/mol. The fourth-order valence-electron chi connectivity index (χ4n) is 4.53. The molecule has 214 valence electrons. The Labute approximate surface area is 241 Å². The number of anilines is 1. The molecule has 2 heterocycles. The molecule has 10 nitrogen and oxygen atoms in total. The van der Waals surface area contributed by atoms with Crippen LogP contribution in [0, 0.1) is 0 Å². The van der Waals surface area contributed by atoms with Crippen LogP contribution in [0.1, 0.15) is 36.1 Å². The molecule has 1 atom stereocenters. The van der Waals surface area contributed by atoms with E-state index in [0.717, 1.165) is 33.5 Å². The van der Waals surface area contributed by atoms with Gasteiger partial charge in [0.25, 0.3) is 5.91 Å². The zero-order valence-corrected chi connectivity index (χ0v) is 24.3. The van der Waals surface area contributed by atoms with E-state index >= 15 is 0 Å². The lowest BCUT2D eigenvalue weighted by Crippen LogP contribution is -2.20. The molecule has 41 heavy (non-hydrogen) atoms. The minimum absolute atomic E-state index is 0.214. The van der Waals surface area contributed by atoms with Crippen molar-refractivity contribution in [2.24, 2.45) is 5.16 Å². The quantitative estimate of drug-likeness (QED) is 0.239. The maximum atomic E-state index is 12.7. The number of benzene rings is 3. The highest BCUT2D eigenvalue weighted by molar-refractivity contribution is 7.22. The molecule has 5 rings (SSSR count). The second-order valence-electron chi connectivity index (χ2n) is 9.17. The molecule has 0 saturated carbocycles. The minimum atomic E-state index is -0.359. The Bertz CT molecular complexity index is 1580. The second-order valence-corrected chi connectivity index (χ2v) is 10.2. The fraction of sp³-hybridized carbons (Fsp3) is 0.300. The monoisotopic (exact) mass is 577 g/mol. The van der Waals surface area contributed by atoms with Crippen LogP contribution in [0.5, 0.6) is 28.7 Å². The number of ether oxygens (including phenoxy) is 5. The van der Waals surface area contributed by atoms with Crippen LogP contribution in [0.25, 0.3) is 10.2 Å². The third-order valence-electron chi connectivity index (χ3n) is 6.69. The average Bonchev–Trinajstić information content (AvgIpc) is 3.66. The van der Waals surface area contributed by atoms with Crippen LogP contribution in [0.3, 0.4) is 0 Å². The molecule has 0 spiro atoms. The summed E-state index contributed by atoms with van der Waals surface area (Å²) in [5, 5.41) is 7.67. The molecule has 0 saturated heterocycles. The number of aryl methyl sites for hydroxylation is 1. The summed E-state index contributed by atoms with van der Waals surface area (Å²) in [4.78, 5) is 23.0. The molecule has 1 N–H and O–H groups in total. The molecule has 0 radical (unpaired) electrons. The van der Waals surface area contributed by atoms with Crippen LogP contribution in [0.4, 0.5) is 5.13 Å². The lowest BCUT2D eigenvalue weighted by atomic mass is 9.99. The molecule has 1 unspecified atom stereocenters. The highest BCUT2D eigenvalue weighted by Crippen LogP contribution is 2.41. The van der Waals surface area contributed by atoms with Crippen molar-refractivity contribution in [3.63, 3.8) is 0 Å². The van der Waals surface area contributed by atoms with Gasteiger partial charge in [0.2, 0.25) is 5.75 Å². The first-order chi connectivity index (χ1) is 20.0. The summed E-state index contributed by atoms with van der Waals surface area (Å²) in [6, 6.07) is 15.3. The highest BCUT2D eigenvalue weighted by atomic mass is 32.1. The van der Waals surface area contributed by atoms with Crippen LogP contribution in [-0.2, 0) is 16.1 Å². The minimum Gasteiger partial charge on any atom is -0.493 e. The first-order valence-electron chi connectivity index (χ1n) is 13.0. The molecule has 11 heteroatoms. The summed E-state index contributed by atoms with van der Waals surface area (Å²) in [7, 11) is 6.24. The Morgan fingerprint density at radius 3 is 2.39 bits per heavy atom. The number of hydrogen-bond acceptors (Lipinski definition) is 10. The first kappa shape index (κ1) is 28.0. The maximum Gasteiger partial charge on any atom is 0.264 e. The number of aromatic nitrogens is 1. The van der Waals surface area contributed by atoms with E-state index in [0.29, 0.717) is 40.3 Å². The zero-order chi connectivity index (χ0) is 28.9. The molecule has 3 aromatic carbocycles. The Balaban J connectivity index is 1.26. The van der Waals surface area contributed by atoms with Crippen LogP contribution < -0.4 is 29.0 Å². The standard InChI is InChI=1S/C30H31N3O7S/c1-6-17-7-10-27-21(11-17)31-30(41-27)32-28(34)16-39-24-12-18(8-9-22(24)35-2)23-15-20(33-40-23)19-13-25(36-3)29(38-5)26(14-19)37-4/h7-14,23H,6,15-16H2,1-5H3,(H,31,32,34). The first-order valence-corrected chi connectivity index (χ1v) is 13.8. The number of nitrogens with one attached hydrogen (secondary N) is 1. The van der Waals surface area contributed by atoms with Gasteiger partial charge in [-0.1, -0.05) is 35.5 Å². The average molecular weight is 578 g/mol. The molecule has 1 aliphatic heterocycles. The van der Waals surface area contributed by atoms with Crippen molar-refractivity contribution in [3.05, 3.63) is 65.2 Å². The van der Waals surface area contributed by atoms with E-state index in [1.165, 1.54) is 16.9 Å². The Morgan fingerprint density at radius 1 is 0.951 bits per heavy atom. The molecule has 0 aliphatic carbocycles. The van der Waals surface area contributed by atoms with Gasteiger partial charge >= 0.3 is 0 Å². The number of rotatable bonds is 11. The molecule has 0 bridgehead atoms.